The molecule has 0 bridgehead atoms. The molecule has 1 aliphatic heterocycles. The van der Waals surface area contributed by atoms with E-state index in [1.54, 1.807) is 0 Å². The number of hydrogen-bond acceptors (Lipinski definition) is 2. The van der Waals surface area contributed by atoms with Gasteiger partial charge in [0.25, 0.3) is 0 Å². The van der Waals surface area contributed by atoms with Gasteiger partial charge in [0.1, 0.15) is 0 Å². The Morgan fingerprint density at radius 2 is 1.54 bits per heavy atom. The lowest BCUT2D eigenvalue weighted by atomic mass is 10.1. The molecule has 138 valence electrons. The van der Waals surface area contributed by atoms with Crippen LogP contribution in [0.15, 0.2) is 54.6 Å². The van der Waals surface area contributed by atoms with Gasteiger partial charge in [0.15, 0.2) is 0 Å². The molecule has 26 heavy (non-hydrogen) atoms. The molecule has 2 aromatic carbocycles. The van der Waals surface area contributed by atoms with Crippen molar-refractivity contribution in [1.82, 2.24) is 10.2 Å². The number of nitrogens with one attached hydrogen (secondary N) is 1. The highest BCUT2D eigenvalue weighted by Gasteiger charge is 2.17. The predicted octanol–water partition coefficient (Wildman–Crippen LogP) is 4.31. The van der Waals surface area contributed by atoms with Crippen molar-refractivity contribution in [3.05, 3.63) is 71.3 Å². The standard InChI is InChI=1S/C23H30N2O/c26-23(24-16-9-12-20-10-3-1-4-11-20)15-5-2-8-17-25-18-21-13-6-7-14-22(21)19-25/h1,3-4,6-7,10-11,13-14H,2,5,8-9,12,15-19H2,(H,24,26). The topological polar surface area (TPSA) is 32.3 Å². The van der Waals surface area contributed by atoms with E-state index in [2.05, 4.69) is 58.7 Å². The van der Waals surface area contributed by atoms with Gasteiger partial charge in [-0.05, 0) is 48.9 Å². The second-order valence-corrected chi connectivity index (χ2v) is 7.23. The molecular formula is C23H30N2O. The van der Waals surface area contributed by atoms with Gasteiger partial charge in [0.05, 0.1) is 0 Å². The molecule has 3 heteroatoms. The van der Waals surface area contributed by atoms with E-state index in [1.807, 2.05) is 6.07 Å². The largest absolute Gasteiger partial charge is 0.356 e. The van der Waals surface area contributed by atoms with Crippen LogP contribution in [-0.2, 0) is 24.3 Å². The maximum absolute atomic E-state index is 11.9. The molecule has 0 atom stereocenters. The highest BCUT2D eigenvalue weighted by Crippen LogP contribution is 2.22. The highest BCUT2D eigenvalue weighted by molar-refractivity contribution is 5.75. The highest BCUT2D eigenvalue weighted by atomic mass is 16.1. The molecule has 0 unspecified atom stereocenters. The first-order chi connectivity index (χ1) is 12.8. The summed E-state index contributed by atoms with van der Waals surface area (Å²) in [6.45, 7) is 4.07. The van der Waals surface area contributed by atoms with Crippen molar-refractivity contribution in [2.75, 3.05) is 13.1 Å². The Hall–Kier alpha value is -2.13. The third-order valence-electron chi connectivity index (χ3n) is 5.09. The van der Waals surface area contributed by atoms with Crippen LogP contribution in [0.1, 0.15) is 48.8 Å². The number of nitrogens with zero attached hydrogens (tertiary/aromatic N) is 1. The van der Waals surface area contributed by atoms with E-state index in [0.29, 0.717) is 6.42 Å². The number of unbranched alkanes of at least 4 members (excludes halogenated alkanes) is 2. The Bertz CT molecular complexity index is 659. The van der Waals surface area contributed by atoms with Gasteiger partial charge >= 0.3 is 0 Å². The van der Waals surface area contributed by atoms with Crippen LogP contribution in [0, 0.1) is 0 Å². The van der Waals surface area contributed by atoms with Crippen LogP contribution in [0.2, 0.25) is 0 Å². The second kappa shape index (κ2) is 10.1. The minimum atomic E-state index is 0.201. The molecule has 0 aliphatic carbocycles. The Labute approximate surface area is 157 Å². The molecule has 0 spiro atoms. The fourth-order valence-electron chi connectivity index (χ4n) is 3.61. The smallest absolute Gasteiger partial charge is 0.219 e. The monoisotopic (exact) mass is 350 g/mol. The summed E-state index contributed by atoms with van der Waals surface area (Å²) in [6, 6.07) is 19.2. The van der Waals surface area contributed by atoms with Crippen LogP contribution < -0.4 is 5.32 Å². The lowest BCUT2D eigenvalue weighted by molar-refractivity contribution is -0.121. The van der Waals surface area contributed by atoms with Crippen molar-refractivity contribution >= 4 is 5.91 Å². The zero-order valence-corrected chi connectivity index (χ0v) is 15.6. The zero-order valence-electron chi connectivity index (χ0n) is 15.6. The summed E-state index contributed by atoms with van der Waals surface area (Å²) in [5.74, 6) is 0.201. The molecule has 2 aromatic rings. The van der Waals surface area contributed by atoms with E-state index >= 15 is 0 Å². The zero-order chi connectivity index (χ0) is 18.0. The number of benzene rings is 2. The number of rotatable bonds is 10. The van der Waals surface area contributed by atoms with Crippen LogP contribution in [0.5, 0.6) is 0 Å². The van der Waals surface area contributed by atoms with Gasteiger partial charge in [0.2, 0.25) is 5.91 Å². The number of fused-ring (bicyclic) bond motifs is 1. The predicted molar refractivity (Wildman–Crippen MR) is 107 cm³/mol. The van der Waals surface area contributed by atoms with Crippen LogP contribution in [-0.4, -0.2) is 23.9 Å². The lowest BCUT2D eigenvalue weighted by Gasteiger charge is -2.14. The van der Waals surface area contributed by atoms with Crippen molar-refractivity contribution in [2.45, 2.75) is 51.6 Å². The van der Waals surface area contributed by atoms with E-state index in [-0.39, 0.29) is 5.91 Å². The van der Waals surface area contributed by atoms with Crippen molar-refractivity contribution < 1.29 is 4.79 Å². The molecule has 0 saturated carbocycles. The minimum Gasteiger partial charge on any atom is -0.356 e. The lowest BCUT2D eigenvalue weighted by Crippen LogP contribution is -2.24. The summed E-state index contributed by atoms with van der Waals surface area (Å²) in [5, 5.41) is 3.05. The van der Waals surface area contributed by atoms with Gasteiger partial charge in [-0.15, -0.1) is 0 Å². The summed E-state index contributed by atoms with van der Waals surface area (Å²) in [7, 11) is 0. The van der Waals surface area contributed by atoms with Crippen LogP contribution in [0.25, 0.3) is 0 Å². The average Bonchev–Trinajstić information content (AvgIpc) is 3.08. The fourth-order valence-corrected chi connectivity index (χ4v) is 3.61. The van der Waals surface area contributed by atoms with Crippen molar-refractivity contribution in [3.63, 3.8) is 0 Å². The van der Waals surface area contributed by atoms with Crippen LogP contribution in [0.3, 0.4) is 0 Å². The molecule has 1 N–H and O–H groups in total. The van der Waals surface area contributed by atoms with Gasteiger partial charge in [-0.25, -0.2) is 0 Å². The molecular weight excluding hydrogens is 320 g/mol. The van der Waals surface area contributed by atoms with Crippen LogP contribution >= 0.6 is 0 Å². The van der Waals surface area contributed by atoms with E-state index in [1.165, 1.54) is 23.1 Å². The molecule has 3 rings (SSSR count). The van der Waals surface area contributed by atoms with Gasteiger partial charge in [-0.1, -0.05) is 61.0 Å². The van der Waals surface area contributed by atoms with Gasteiger partial charge in [-0.2, -0.15) is 0 Å². The van der Waals surface area contributed by atoms with Crippen molar-refractivity contribution in [1.29, 1.82) is 0 Å². The number of carbonyl (C=O) groups excluding carboxylic acids is 1. The minimum absolute atomic E-state index is 0.201. The maximum atomic E-state index is 11.9. The Morgan fingerprint density at radius 3 is 2.27 bits per heavy atom. The van der Waals surface area contributed by atoms with E-state index in [0.717, 1.165) is 51.9 Å². The van der Waals surface area contributed by atoms with E-state index in [4.69, 9.17) is 0 Å². The Morgan fingerprint density at radius 1 is 0.846 bits per heavy atom. The number of hydrogen-bond donors (Lipinski definition) is 1. The number of aryl methyl sites for hydroxylation is 1. The Kier molecular flexibility index (Phi) is 7.26. The van der Waals surface area contributed by atoms with Gasteiger partial charge < -0.3 is 5.32 Å². The SMILES string of the molecule is O=C(CCCCCN1Cc2ccccc2C1)NCCCc1ccccc1. The molecule has 0 fully saturated rings. The maximum Gasteiger partial charge on any atom is 0.219 e. The molecule has 1 heterocycles. The first kappa shape index (κ1) is 18.7. The summed E-state index contributed by atoms with van der Waals surface area (Å²) in [5.41, 5.74) is 4.29. The Balaban J connectivity index is 1.18. The van der Waals surface area contributed by atoms with E-state index in [9.17, 15) is 4.79 Å². The molecule has 3 nitrogen and oxygen atoms in total. The van der Waals surface area contributed by atoms with E-state index < -0.39 is 0 Å². The van der Waals surface area contributed by atoms with Crippen molar-refractivity contribution in [3.8, 4) is 0 Å². The third kappa shape index (κ3) is 5.99. The first-order valence-corrected chi connectivity index (χ1v) is 9.91. The average molecular weight is 351 g/mol. The summed E-state index contributed by atoms with van der Waals surface area (Å²) < 4.78 is 0. The van der Waals surface area contributed by atoms with Gasteiger partial charge in [-0.3, -0.25) is 9.69 Å². The quantitative estimate of drug-likeness (QED) is 0.648. The molecule has 1 aliphatic rings. The summed E-state index contributed by atoms with van der Waals surface area (Å²) in [4.78, 5) is 14.4. The molecule has 0 radical (unpaired) electrons. The first-order valence-electron chi connectivity index (χ1n) is 9.91. The summed E-state index contributed by atoms with van der Waals surface area (Å²) in [6.07, 6.45) is 5.99. The number of amides is 1. The van der Waals surface area contributed by atoms with Gasteiger partial charge in [0, 0.05) is 26.1 Å². The third-order valence-corrected chi connectivity index (χ3v) is 5.09. The normalized spacial score (nSPS) is 13.5. The molecule has 1 amide bonds. The summed E-state index contributed by atoms with van der Waals surface area (Å²) >= 11 is 0. The fraction of sp³-hybridized carbons (Fsp3) is 0.435. The van der Waals surface area contributed by atoms with Crippen LogP contribution in [0.4, 0.5) is 0 Å². The van der Waals surface area contributed by atoms with Crippen molar-refractivity contribution in [2.24, 2.45) is 0 Å². The number of carbonyl (C=O) groups is 1. The molecule has 0 aromatic heterocycles. The second-order valence-electron chi connectivity index (χ2n) is 7.23. The molecule has 0 saturated heterocycles.